The SMILES string of the molecule is CCCCCCCCCCCCCCCc1ccc(B(O)O)s1. The first-order chi connectivity index (χ1) is 11.2. The molecule has 0 radical (unpaired) electrons. The molecule has 0 atom stereocenters. The zero-order chi connectivity index (χ0) is 16.8. The Morgan fingerprint density at radius 1 is 0.739 bits per heavy atom. The Morgan fingerprint density at radius 3 is 1.65 bits per heavy atom. The fraction of sp³-hybridized carbons (Fsp3) is 0.789. The van der Waals surface area contributed by atoms with Gasteiger partial charge in [0.1, 0.15) is 0 Å². The fourth-order valence-corrected chi connectivity index (χ4v) is 3.91. The van der Waals surface area contributed by atoms with Crippen LogP contribution in [0.1, 0.15) is 95.3 Å². The van der Waals surface area contributed by atoms with Crippen LogP contribution < -0.4 is 4.78 Å². The number of thiophene rings is 1. The van der Waals surface area contributed by atoms with E-state index >= 15 is 0 Å². The Morgan fingerprint density at radius 2 is 1.22 bits per heavy atom. The van der Waals surface area contributed by atoms with Crippen molar-refractivity contribution in [3.8, 4) is 0 Å². The normalized spacial score (nSPS) is 11.1. The van der Waals surface area contributed by atoms with Gasteiger partial charge in [0, 0.05) is 9.65 Å². The maximum absolute atomic E-state index is 9.09. The van der Waals surface area contributed by atoms with Gasteiger partial charge in [-0.1, -0.05) is 90.0 Å². The molecule has 0 fully saturated rings. The first-order valence-electron chi connectivity index (χ1n) is 9.68. The van der Waals surface area contributed by atoms with E-state index in [1.165, 1.54) is 99.7 Å². The zero-order valence-electron chi connectivity index (χ0n) is 14.9. The topological polar surface area (TPSA) is 40.5 Å². The Balaban J connectivity index is 1.82. The molecule has 0 saturated carbocycles. The summed E-state index contributed by atoms with van der Waals surface area (Å²) in [6.07, 6.45) is 19.0. The highest BCUT2D eigenvalue weighted by Gasteiger charge is 2.13. The third-order valence-corrected chi connectivity index (χ3v) is 5.65. The molecule has 0 aliphatic heterocycles. The summed E-state index contributed by atoms with van der Waals surface area (Å²) in [7, 11) is -1.31. The second kappa shape index (κ2) is 14.1. The molecule has 23 heavy (non-hydrogen) atoms. The van der Waals surface area contributed by atoms with E-state index in [0.717, 1.165) is 6.42 Å². The van der Waals surface area contributed by atoms with E-state index in [9.17, 15) is 0 Å². The first kappa shape index (κ1) is 20.7. The summed E-state index contributed by atoms with van der Waals surface area (Å²) in [5.41, 5.74) is 0. The van der Waals surface area contributed by atoms with Crippen molar-refractivity contribution in [2.75, 3.05) is 0 Å². The molecule has 0 bridgehead atoms. The van der Waals surface area contributed by atoms with Crippen molar-refractivity contribution in [3.63, 3.8) is 0 Å². The number of hydrogen-bond donors (Lipinski definition) is 2. The first-order valence-corrected chi connectivity index (χ1v) is 10.5. The molecule has 4 heteroatoms. The molecule has 0 aliphatic carbocycles. The van der Waals surface area contributed by atoms with Crippen molar-refractivity contribution in [2.24, 2.45) is 0 Å². The summed E-state index contributed by atoms with van der Waals surface area (Å²) in [5, 5.41) is 18.2. The monoisotopic (exact) mass is 338 g/mol. The molecular formula is C19H35BO2S. The fourth-order valence-electron chi connectivity index (χ4n) is 2.98. The second-order valence-electron chi connectivity index (χ2n) is 6.67. The van der Waals surface area contributed by atoms with E-state index < -0.39 is 7.12 Å². The van der Waals surface area contributed by atoms with Crippen molar-refractivity contribution in [1.82, 2.24) is 0 Å². The smallest absolute Gasteiger partial charge is 0.423 e. The highest BCUT2D eigenvalue weighted by atomic mass is 32.1. The summed E-state index contributed by atoms with van der Waals surface area (Å²) in [4.78, 5) is 1.27. The molecule has 1 aromatic heterocycles. The van der Waals surface area contributed by atoms with E-state index in [-0.39, 0.29) is 0 Å². The quantitative estimate of drug-likeness (QED) is 0.346. The standard InChI is InChI=1S/C19H35BO2S/c1-2-3-4-5-6-7-8-9-10-11-12-13-14-15-18-16-17-19(23-18)20(21)22/h16-17,21-22H,2-15H2,1H3. The van der Waals surface area contributed by atoms with Crippen molar-refractivity contribution in [3.05, 3.63) is 17.0 Å². The van der Waals surface area contributed by atoms with Gasteiger partial charge >= 0.3 is 7.12 Å². The summed E-state index contributed by atoms with van der Waals surface area (Å²) in [6, 6.07) is 3.85. The number of rotatable bonds is 15. The van der Waals surface area contributed by atoms with Crippen LogP contribution in [0, 0.1) is 0 Å². The van der Waals surface area contributed by atoms with Crippen LogP contribution in [0.25, 0.3) is 0 Å². The molecule has 1 heterocycles. The van der Waals surface area contributed by atoms with E-state index in [1.54, 1.807) is 0 Å². The molecule has 0 aromatic carbocycles. The maximum Gasteiger partial charge on any atom is 0.499 e. The maximum atomic E-state index is 9.09. The number of aryl methyl sites for hydroxylation is 1. The molecule has 0 amide bonds. The summed E-state index contributed by atoms with van der Waals surface area (Å²) < 4.78 is 0.662. The Labute approximate surface area is 147 Å². The highest BCUT2D eigenvalue weighted by Crippen LogP contribution is 2.15. The van der Waals surface area contributed by atoms with E-state index in [4.69, 9.17) is 10.0 Å². The van der Waals surface area contributed by atoms with Gasteiger partial charge in [0.25, 0.3) is 0 Å². The van der Waals surface area contributed by atoms with Gasteiger partial charge in [-0.25, -0.2) is 0 Å². The molecule has 0 saturated heterocycles. The minimum atomic E-state index is -1.31. The van der Waals surface area contributed by atoms with Crippen molar-refractivity contribution in [2.45, 2.75) is 96.8 Å². The zero-order valence-corrected chi connectivity index (χ0v) is 15.8. The van der Waals surface area contributed by atoms with Gasteiger partial charge in [-0.05, 0) is 18.9 Å². The van der Waals surface area contributed by atoms with Crippen LogP contribution in [0.5, 0.6) is 0 Å². The van der Waals surface area contributed by atoms with Gasteiger partial charge in [-0.3, -0.25) is 0 Å². The van der Waals surface area contributed by atoms with Crippen LogP contribution in [0.4, 0.5) is 0 Å². The molecule has 1 aromatic rings. The summed E-state index contributed by atoms with van der Waals surface area (Å²) in [5.74, 6) is 0. The van der Waals surface area contributed by atoms with Gasteiger partial charge in [-0.15, -0.1) is 11.3 Å². The average molecular weight is 338 g/mol. The lowest BCUT2D eigenvalue weighted by atomic mass is 9.90. The molecule has 0 aliphatic rings. The van der Waals surface area contributed by atoms with Crippen molar-refractivity contribution in [1.29, 1.82) is 0 Å². The average Bonchev–Trinajstić information content (AvgIpc) is 3.01. The van der Waals surface area contributed by atoms with Gasteiger partial charge in [-0.2, -0.15) is 0 Å². The lowest BCUT2D eigenvalue weighted by Gasteiger charge is -2.03. The minimum absolute atomic E-state index is 0.662. The minimum Gasteiger partial charge on any atom is -0.423 e. The molecule has 0 spiro atoms. The molecule has 132 valence electrons. The largest absolute Gasteiger partial charge is 0.499 e. The van der Waals surface area contributed by atoms with Crippen LogP contribution in [-0.4, -0.2) is 17.2 Å². The predicted octanol–water partition coefficient (Wildman–Crippen LogP) is 5.06. The van der Waals surface area contributed by atoms with Gasteiger partial charge in [0.05, 0.1) is 0 Å². The number of unbranched alkanes of at least 4 members (excludes halogenated alkanes) is 12. The Bertz CT molecular complexity index is 379. The van der Waals surface area contributed by atoms with Gasteiger partial charge in [0.15, 0.2) is 0 Å². The van der Waals surface area contributed by atoms with E-state index in [0.29, 0.717) is 4.78 Å². The van der Waals surface area contributed by atoms with Crippen LogP contribution in [0.2, 0.25) is 0 Å². The van der Waals surface area contributed by atoms with Gasteiger partial charge < -0.3 is 10.0 Å². The Kier molecular flexibility index (Phi) is 12.7. The summed E-state index contributed by atoms with van der Waals surface area (Å²) in [6.45, 7) is 2.27. The van der Waals surface area contributed by atoms with Crippen molar-refractivity contribution >= 4 is 23.2 Å². The molecule has 2 N–H and O–H groups in total. The van der Waals surface area contributed by atoms with Gasteiger partial charge in [0.2, 0.25) is 0 Å². The van der Waals surface area contributed by atoms with Crippen LogP contribution in [-0.2, 0) is 6.42 Å². The van der Waals surface area contributed by atoms with Crippen LogP contribution >= 0.6 is 11.3 Å². The summed E-state index contributed by atoms with van der Waals surface area (Å²) >= 11 is 1.53. The lowest BCUT2D eigenvalue weighted by Crippen LogP contribution is -2.26. The Hall–Kier alpha value is -0.315. The molecule has 2 nitrogen and oxygen atoms in total. The van der Waals surface area contributed by atoms with Crippen LogP contribution in [0.15, 0.2) is 12.1 Å². The number of hydrogen-bond acceptors (Lipinski definition) is 3. The lowest BCUT2D eigenvalue weighted by molar-refractivity contribution is 0.427. The highest BCUT2D eigenvalue weighted by molar-refractivity contribution is 7.22. The predicted molar refractivity (Wildman–Crippen MR) is 104 cm³/mol. The molecular weight excluding hydrogens is 303 g/mol. The molecule has 0 unspecified atom stereocenters. The second-order valence-corrected chi connectivity index (χ2v) is 7.87. The third kappa shape index (κ3) is 11.0. The van der Waals surface area contributed by atoms with Crippen LogP contribution in [0.3, 0.4) is 0 Å². The third-order valence-electron chi connectivity index (χ3n) is 4.46. The van der Waals surface area contributed by atoms with E-state index in [2.05, 4.69) is 6.92 Å². The van der Waals surface area contributed by atoms with E-state index in [1.807, 2.05) is 12.1 Å². The molecule has 1 rings (SSSR count). The van der Waals surface area contributed by atoms with Crippen molar-refractivity contribution < 1.29 is 10.0 Å².